The van der Waals surface area contributed by atoms with Crippen molar-refractivity contribution in [2.75, 3.05) is 10.5 Å². The SMILES string of the molecule is Cc1c(NS(=O)(=O)C[C@@]23CC[C@@H](CC2=O)C3(C)C)c(=O)n(-c2ccccc2)n1C. The summed E-state index contributed by atoms with van der Waals surface area (Å²) in [7, 11) is -2.18. The third-order valence-electron chi connectivity index (χ3n) is 7.39. The van der Waals surface area contributed by atoms with Crippen LogP contribution in [0.3, 0.4) is 0 Å². The van der Waals surface area contributed by atoms with Gasteiger partial charge in [-0.05, 0) is 43.2 Å². The normalized spacial score (nSPS) is 25.5. The zero-order chi connectivity index (χ0) is 21.2. The number of para-hydroxylation sites is 1. The van der Waals surface area contributed by atoms with E-state index >= 15 is 0 Å². The Morgan fingerprint density at radius 2 is 1.83 bits per heavy atom. The third kappa shape index (κ3) is 2.79. The molecule has 4 rings (SSSR count). The van der Waals surface area contributed by atoms with Crippen LogP contribution in [0.1, 0.15) is 38.8 Å². The van der Waals surface area contributed by atoms with Crippen LogP contribution in [0.5, 0.6) is 0 Å². The van der Waals surface area contributed by atoms with Crippen molar-refractivity contribution in [1.82, 2.24) is 9.36 Å². The number of Topliss-reactive ketones (excluding diaryl/α,β-unsaturated/α-hetero) is 1. The molecule has 2 saturated carbocycles. The summed E-state index contributed by atoms with van der Waals surface area (Å²) in [5, 5.41) is 0. The van der Waals surface area contributed by atoms with E-state index in [0.29, 0.717) is 24.2 Å². The highest BCUT2D eigenvalue weighted by Gasteiger charge is 2.65. The molecular weight excluding hydrogens is 390 g/mol. The van der Waals surface area contributed by atoms with Gasteiger partial charge in [-0.1, -0.05) is 32.0 Å². The number of anilines is 1. The van der Waals surface area contributed by atoms with Gasteiger partial charge in [0.1, 0.15) is 11.5 Å². The second-order valence-corrected chi connectivity index (χ2v) is 10.7. The lowest BCUT2D eigenvalue weighted by atomic mass is 9.70. The number of hydrogen-bond acceptors (Lipinski definition) is 4. The first-order valence-electron chi connectivity index (χ1n) is 9.88. The molecule has 2 atom stereocenters. The maximum absolute atomic E-state index is 13.1. The molecular formula is C21H27N3O4S. The van der Waals surface area contributed by atoms with Crippen molar-refractivity contribution in [3.63, 3.8) is 0 Å². The molecule has 0 saturated heterocycles. The number of carbonyl (C=O) groups excluding carboxylic acids is 1. The minimum Gasteiger partial charge on any atom is -0.299 e. The van der Waals surface area contributed by atoms with Gasteiger partial charge in [0.05, 0.1) is 22.5 Å². The molecule has 1 heterocycles. The molecule has 8 heteroatoms. The maximum Gasteiger partial charge on any atom is 0.296 e. The number of benzene rings is 1. The van der Waals surface area contributed by atoms with Gasteiger partial charge in [-0.15, -0.1) is 0 Å². The Morgan fingerprint density at radius 3 is 2.38 bits per heavy atom. The van der Waals surface area contributed by atoms with Crippen LogP contribution in [0, 0.1) is 23.7 Å². The van der Waals surface area contributed by atoms with Crippen molar-refractivity contribution < 1.29 is 13.2 Å². The zero-order valence-electron chi connectivity index (χ0n) is 17.2. The first-order chi connectivity index (χ1) is 13.5. The molecule has 2 aliphatic carbocycles. The highest BCUT2D eigenvalue weighted by Crippen LogP contribution is 2.64. The fourth-order valence-electron chi connectivity index (χ4n) is 5.31. The van der Waals surface area contributed by atoms with Gasteiger partial charge >= 0.3 is 0 Å². The number of ketones is 1. The molecule has 2 fully saturated rings. The first kappa shape index (κ1) is 19.9. The fraction of sp³-hybridized carbons (Fsp3) is 0.524. The van der Waals surface area contributed by atoms with E-state index in [4.69, 9.17) is 0 Å². The standard InChI is InChI=1S/C21H27N3O4S/c1-14-18(19(26)24(23(14)4)16-8-6-5-7-9-16)22-29(27,28)13-21-11-10-15(12-17(21)25)20(21,2)3/h5-9,15,22H,10-13H2,1-4H3/t15-,21-/m0/s1. The number of carbonyl (C=O) groups is 1. The lowest BCUT2D eigenvalue weighted by Gasteiger charge is -2.36. The van der Waals surface area contributed by atoms with Crippen LogP contribution >= 0.6 is 0 Å². The smallest absolute Gasteiger partial charge is 0.296 e. The van der Waals surface area contributed by atoms with E-state index in [9.17, 15) is 18.0 Å². The summed E-state index contributed by atoms with van der Waals surface area (Å²) in [6.07, 6.45) is 1.92. The van der Waals surface area contributed by atoms with Crippen LogP contribution in [-0.2, 0) is 21.9 Å². The molecule has 1 N–H and O–H groups in total. The fourth-order valence-corrected chi connectivity index (χ4v) is 7.25. The third-order valence-corrected chi connectivity index (χ3v) is 8.78. The van der Waals surface area contributed by atoms with Crippen LogP contribution in [0.2, 0.25) is 0 Å². The Balaban J connectivity index is 1.70. The van der Waals surface area contributed by atoms with Gasteiger partial charge in [0.25, 0.3) is 5.56 Å². The topological polar surface area (TPSA) is 90.2 Å². The van der Waals surface area contributed by atoms with Crippen LogP contribution in [-0.4, -0.2) is 29.3 Å². The summed E-state index contributed by atoms with van der Waals surface area (Å²) in [6.45, 7) is 5.70. The first-order valence-corrected chi connectivity index (χ1v) is 11.5. The molecule has 0 unspecified atom stereocenters. The van der Waals surface area contributed by atoms with Crippen molar-refractivity contribution in [3.8, 4) is 5.69 Å². The summed E-state index contributed by atoms with van der Waals surface area (Å²) >= 11 is 0. The summed E-state index contributed by atoms with van der Waals surface area (Å²) in [4.78, 5) is 25.7. The van der Waals surface area contributed by atoms with E-state index in [1.54, 1.807) is 30.8 Å². The van der Waals surface area contributed by atoms with Crippen LogP contribution in [0.25, 0.3) is 5.69 Å². The van der Waals surface area contributed by atoms with Gasteiger partial charge in [0.2, 0.25) is 10.0 Å². The van der Waals surface area contributed by atoms with Gasteiger partial charge in [-0.3, -0.25) is 19.0 Å². The Kier molecular flexibility index (Phi) is 4.35. The second-order valence-electron chi connectivity index (χ2n) is 8.96. The van der Waals surface area contributed by atoms with E-state index in [-0.39, 0.29) is 28.6 Å². The zero-order valence-corrected chi connectivity index (χ0v) is 18.0. The van der Waals surface area contributed by atoms with E-state index in [0.717, 1.165) is 6.42 Å². The molecule has 2 aliphatic rings. The number of nitrogens with zero attached hydrogens (tertiary/aromatic N) is 2. The predicted molar refractivity (Wildman–Crippen MR) is 112 cm³/mol. The number of aromatic nitrogens is 2. The maximum atomic E-state index is 13.1. The van der Waals surface area contributed by atoms with E-state index in [1.165, 1.54) is 4.68 Å². The average molecular weight is 418 g/mol. The average Bonchev–Trinajstić information content (AvgIpc) is 3.09. The van der Waals surface area contributed by atoms with E-state index in [1.807, 2.05) is 32.0 Å². The Labute approximate surface area is 170 Å². The van der Waals surface area contributed by atoms with Crippen LogP contribution in [0.15, 0.2) is 35.1 Å². The molecule has 29 heavy (non-hydrogen) atoms. The number of fused-ring (bicyclic) bond motifs is 2. The molecule has 1 aromatic heterocycles. The van der Waals surface area contributed by atoms with Crippen molar-refractivity contribution >= 4 is 21.5 Å². The monoisotopic (exact) mass is 417 g/mol. The predicted octanol–water partition coefficient (Wildman–Crippen LogP) is 2.62. The minimum absolute atomic E-state index is 0.0329. The lowest BCUT2D eigenvalue weighted by Crippen LogP contribution is -2.43. The van der Waals surface area contributed by atoms with Crippen molar-refractivity contribution in [2.24, 2.45) is 23.8 Å². The molecule has 7 nitrogen and oxygen atoms in total. The van der Waals surface area contributed by atoms with Crippen molar-refractivity contribution in [1.29, 1.82) is 0 Å². The molecule has 156 valence electrons. The van der Waals surface area contributed by atoms with Crippen molar-refractivity contribution in [3.05, 3.63) is 46.4 Å². The highest BCUT2D eigenvalue weighted by molar-refractivity contribution is 7.92. The summed E-state index contributed by atoms with van der Waals surface area (Å²) in [6, 6.07) is 9.06. The van der Waals surface area contributed by atoms with Crippen molar-refractivity contribution in [2.45, 2.75) is 40.0 Å². The van der Waals surface area contributed by atoms with Gasteiger partial charge in [0.15, 0.2) is 0 Å². The molecule has 0 aliphatic heterocycles. The molecule has 2 bridgehead atoms. The summed E-state index contributed by atoms with van der Waals surface area (Å²) in [5.41, 5.74) is -0.456. The largest absolute Gasteiger partial charge is 0.299 e. The van der Waals surface area contributed by atoms with E-state index in [2.05, 4.69) is 4.72 Å². The number of rotatable bonds is 5. The van der Waals surface area contributed by atoms with E-state index < -0.39 is 21.0 Å². The Bertz CT molecular complexity index is 1140. The number of nitrogens with one attached hydrogen (secondary N) is 1. The molecule has 0 amide bonds. The van der Waals surface area contributed by atoms with Crippen LogP contribution in [0.4, 0.5) is 5.69 Å². The number of sulfonamides is 1. The molecule has 0 spiro atoms. The molecule has 0 radical (unpaired) electrons. The van der Waals surface area contributed by atoms with Gasteiger partial charge in [-0.25, -0.2) is 13.1 Å². The molecule has 2 aromatic rings. The van der Waals surface area contributed by atoms with Gasteiger partial charge < -0.3 is 0 Å². The Hall–Kier alpha value is -2.35. The summed E-state index contributed by atoms with van der Waals surface area (Å²) in [5.74, 6) is -0.00359. The molecule has 1 aromatic carbocycles. The second kappa shape index (κ2) is 6.32. The Morgan fingerprint density at radius 1 is 1.17 bits per heavy atom. The van der Waals surface area contributed by atoms with Crippen LogP contribution < -0.4 is 10.3 Å². The number of hydrogen-bond donors (Lipinski definition) is 1. The minimum atomic E-state index is -3.89. The lowest BCUT2D eigenvalue weighted by molar-refractivity contribution is -0.128. The highest BCUT2D eigenvalue weighted by atomic mass is 32.2. The van der Waals surface area contributed by atoms with Gasteiger partial charge in [0, 0.05) is 13.5 Å². The summed E-state index contributed by atoms with van der Waals surface area (Å²) < 4.78 is 31.8. The quantitative estimate of drug-likeness (QED) is 0.810. The van der Waals surface area contributed by atoms with Gasteiger partial charge in [-0.2, -0.15) is 0 Å².